The van der Waals surface area contributed by atoms with Crippen LogP contribution in [-0.2, 0) is 4.79 Å². The number of aromatic nitrogens is 3. The molecule has 0 unspecified atom stereocenters. The predicted octanol–water partition coefficient (Wildman–Crippen LogP) is 3.19. The number of nitrogens with zero attached hydrogens (tertiary/aromatic N) is 4. The minimum atomic E-state index is -0.170. The van der Waals surface area contributed by atoms with Gasteiger partial charge >= 0.3 is 0 Å². The number of hydrogen-bond donors (Lipinski definition) is 0. The molecule has 0 bridgehead atoms. The number of rotatable bonds is 4. The third-order valence-electron chi connectivity index (χ3n) is 4.88. The highest BCUT2D eigenvalue weighted by atomic mass is 32.2. The molecule has 4 rings (SSSR count). The van der Waals surface area contributed by atoms with Crippen LogP contribution in [0, 0.1) is 6.92 Å². The number of aryl methyl sites for hydroxylation is 1. The van der Waals surface area contributed by atoms with Gasteiger partial charge in [0.15, 0.2) is 5.16 Å². The van der Waals surface area contributed by atoms with Crippen LogP contribution >= 0.6 is 11.8 Å². The number of carbonyl (C=O) groups is 1. The SMILES string of the molecule is Cc1cccc(-n2c(SCC(=O)N3CCCCC3)nc3ccccc3c2=O)n1. The van der Waals surface area contributed by atoms with Gasteiger partial charge in [0, 0.05) is 18.8 Å². The van der Waals surface area contributed by atoms with E-state index in [9.17, 15) is 9.59 Å². The number of fused-ring (bicyclic) bond motifs is 1. The molecule has 1 saturated heterocycles. The second-order valence-corrected chi connectivity index (χ2v) is 7.86. The van der Waals surface area contributed by atoms with Gasteiger partial charge in [0.2, 0.25) is 5.91 Å². The van der Waals surface area contributed by atoms with Crippen LogP contribution in [0.4, 0.5) is 0 Å². The molecule has 2 aromatic heterocycles. The topological polar surface area (TPSA) is 68.1 Å². The van der Waals surface area contributed by atoms with E-state index in [1.807, 2.05) is 42.2 Å². The van der Waals surface area contributed by atoms with Crippen molar-refractivity contribution in [2.75, 3.05) is 18.8 Å². The summed E-state index contributed by atoms with van der Waals surface area (Å²) in [5.41, 5.74) is 1.28. The van der Waals surface area contributed by atoms with Crippen LogP contribution in [0.3, 0.4) is 0 Å². The molecular formula is C21H22N4O2S. The van der Waals surface area contributed by atoms with Crippen molar-refractivity contribution >= 4 is 28.6 Å². The summed E-state index contributed by atoms with van der Waals surface area (Å²) in [4.78, 5) is 36.9. The summed E-state index contributed by atoms with van der Waals surface area (Å²) in [7, 11) is 0. The molecule has 28 heavy (non-hydrogen) atoms. The van der Waals surface area contributed by atoms with E-state index < -0.39 is 0 Å². The molecule has 1 fully saturated rings. The second-order valence-electron chi connectivity index (χ2n) is 6.92. The summed E-state index contributed by atoms with van der Waals surface area (Å²) in [5.74, 6) is 0.878. The molecule has 1 aromatic carbocycles. The molecule has 0 spiro atoms. The number of benzene rings is 1. The van der Waals surface area contributed by atoms with Crippen LogP contribution in [0.25, 0.3) is 16.7 Å². The Morgan fingerprint density at radius 2 is 1.82 bits per heavy atom. The molecular weight excluding hydrogens is 372 g/mol. The molecule has 0 aliphatic carbocycles. The molecule has 7 heteroatoms. The van der Waals surface area contributed by atoms with Crippen molar-refractivity contribution in [2.45, 2.75) is 31.3 Å². The standard InChI is InChI=1S/C21H22N4O2S/c1-15-8-7-11-18(22-15)25-20(27)16-9-3-4-10-17(16)23-21(25)28-14-19(26)24-12-5-2-6-13-24/h3-4,7-11H,2,5-6,12-14H2,1H3. The fraction of sp³-hybridized carbons (Fsp3) is 0.333. The van der Waals surface area contributed by atoms with E-state index in [1.165, 1.54) is 22.7 Å². The Labute approximate surface area is 167 Å². The fourth-order valence-electron chi connectivity index (χ4n) is 3.43. The quantitative estimate of drug-likeness (QED) is 0.502. The first kappa shape index (κ1) is 18.7. The number of carbonyl (C=O) groups excluding carboxylic acids is 1. The minimum Gasteiger partial charge on any atom is -0.342 e. The normalized spacial score (nSPS) is 14.4. The second kappa shape index (κ2) is 8.14. The van der Waals surface area contributed by atoms with E-state index >= 15 is 0 Å². The summed E-state index contributed by atoms with van der Waals surface area (Å²) in [6.45, 7) is 3.52. The molecule has 1 aliphatic rings. The van der Waals surface area contributed by atoms with Crippen molar-refractivity contribution in [2.24, 2.45) is 0 Å². The summed E-state index contributed by atoms with van der Waals surface area (Å²) < 4.78 is 1.52. The van der Waals surface area contributed by atoms with E-state index in [0.29, 0.717) is 21.9 Å². The fourth-order valence-corrected chi connectivity index (χ4v) is 4.33. The van der Waals surface area contributed by atoms with Crippen LogP contribution in [0.15, 0.2) is 52.4 Å². The zero-order chi connectivity index (χ0) is 19.5. The molecule has 3 heterocycles. The lowest BCUT2D eigenvalue weighted by Crippen LogP contribution is -2.37. The largest absolute Gasteiger partial charge is 0.342 e. The van der Waals surface area contributed by atoms with E-state index in [2.05, 4.69) is 9.97 Å². The zero-order valence-electron chi connectivity index (χ0n) is 15.8. The van der Waals surface area contributed by atoms with Gasteiger partial charge in [-0.25, -0.2) is 14.5 Å². The maximum absolute atomic E-state index is 13.2. The molecule has 0 N–H and O–H groups in total. The average molecular weight is 395 g/mol. The Hall–Kier alpha value is -2.67. The smallest absolute Gasteiger partial charge is 0.267 e. The van der Waals surface area contributed by atoms with Crippen molar-refractivity contribution in [3.63, 3.8) is 0 Å². The Morgan fingerprint density at radius 3 is 2.61 bits per heavy atom. The molecule has 3 aromatic rings. The van der Waals surface area contributed by atoms with Crippen molar-refractivity contribution in [1.29, 1.82) is 0 Å². The van der Waals surface area contributed by atoms with Crippen LogP contribution in [0.1, 0.15) is 25.0 Å². The summed E-state index contributed by atoms with van der Waals surface area (Å²) >= 11 is 1.30. The highest BCUT2D eigenvalue weighted by molar-refractivity contribution is 7.99. The van der Waals surface area contributed by atoms with E-state index in [0.717, 1.165) is 31.6 Å². The molecule has 1 aliphatic heterocycles. The molecule has 144 valence electrons. The van der Waals surface area contributed by atoms with Crippen LogP contribution < -0.4 is 5.56 Å². The number of likely N-dealkylation sites (tertiary alicyclic amines) is 1. The highest BCUT2D eigenvalue weighted by Crippen LogP contribution is 2.22. The Bertz CT molecular complexity index is 1070. The van der Waals surface area contributed by atoms with Gasteiger partial charge in [-0.2, -0.15) is 0 Å². The summed E-state index contributed by atoms with van der Waals surface area (Å²) in [5, 5.41) is 1.03. The highest BCUT2D eigenvalue weighted by Gasteiger charge is 2.19. The van der Waals surface area contributed by atoms with E-state index in [-0.39, 0.29) is 17.2 Å². The Kier molecular flexibility index (Phi) is 5.43. The van der Waals surface area contributed by atoms with E-state index in [1.54, 1.807) is 12.1 Å². The van der Waals surface area contributed by atoms with Crippen molar-refractivity contribution in [3.8, 4) is 5.82 Å². The van der Waals surface area contributed by atoms with E-state index in [4.69, 9.17) is 0 Å². The third-order valence-corrected chi connectivity index (χ3v) is 5.80. The first-order valence-corrected chi connectivity index (χ1v) is 10.5. The number of thioether (sulfide) groups is 1. The molecule has 0 atom stereocenters. The van der Waals surface area contributed by atoms with Crippen LogP contribution in [-0.4, -0.2) is 44.2 Å². The van der Waals surface area contributed by atoms with Crippen molar-refractivity contribution in [3.05, 3.63) is 58.5 Å². The number of amides is 1. The van der Waals surface area contributed by atoms with Crippen molar-refractivity contribution in [1.82, 2.24) is 19.4 Å². The lowest BCUT2D eigenvalue weighted by molar-refractivity contribution is -0.129. The number of pyridine rings is 1. The first-order chi connectivity index (χ1) is 13.6. The Balaban J connectivity index is 1.72. The van der Waals surface area contributed by atoms with Crippen LogP contribution in [0.5, 0.6) is 0 Å². The van der Waals surface area contributed by atoms with Gasteiger partial charge in [0.05, 0.1) is 16.7 Å². The Morgan fingerprint density at radius 1 is 1.04 bits per heavy atom. The van der Waals surface area contributed by atoms with Gasteiger partial charge in [-0.15, -0.1) is 0 Å². The number of hydrogen-bond acceptors (Lipinski definition) is 5. The molecule has 6 nitrogen and oxygen atoms in total. The van der Waals surface area contributed by atoms with Gasteiger partial charge in [-0.1, -0.05) is 30.0 Å². The maximum atomic E-state index is 13.2. The summed E-state index contributed by atoms with van der Waals surface area (Å²) in [6, 6.07) is 12.8. The van der Waals surface area contributed by atoms with Gasteiger partial charge in [-0.3, -0.25) is 9.59 Å². The zero-order valence-corrected chi connectivity index (χ0v) is 16.6. The molecule has 1 amide bonds. The van der Waals surface area contributed by atoms with Gasteiger partial charge in [0.1, 0.15) is 5.82 Å². The predicted molar refractivity (Wildman–Crippen MR) is 111 cm³/mol. The lowest BCUT2D eigenvalue weighted by Gasteiger charge is -2.26. The summed E-state index contributed by atoms with van der Waals surface area (Å²) in [6.07, 6.45) is 3.30. The number of piperidine rings is 1. The minimum absolute atomic E-state index is 0.0934. The first-order valence-electron chi connectivity index (χ1n) is 9.50. The monoisotopic (exact) mass is 394 g/mol. The number of para-hydroxylation sites is 1. The molecule has 0 radical (unpaired) electrons. The van der Waals surface area contributed by atoms with Gasteiger partial charge in [0.25, 0.3) is 5.56 Å². The van der Waals surface area contributed by atoms with Crippen LogP contribution in [0.2, 0.25) is 0 Å². The third kappa shape index (κ3) is 3.80. The maximum Gasteiger partial charge on any atom is 0.267 e. The van der Waals surface area contributed by atoms with Gasteiger partial charge in [-0.05, 0) is 50.5 Å². The lowest BCUT2D eigenvalue weighted by atomic mass is 10.1. The van der Waals surface area contributed by atoms with Gasteiger partial charge < -0.3 is 4.90 Å². The van der Waals surface area contributed by atoms with Crippen molar-refractivity contribution < 1.29 is 4.79 Å². The molecule has 0 saturated carbocycles. The average Bonchev–Trinajstić information content (AvgIpc) is 2.73.